The smallest absolute Gasteiger partial charge is 0.107 e. The van der Waals surface area contributed by atoms with Crippen LogP contribution in [0.4, 0.5) is 0 Å². The first-order valence-electron chi connectivity index (χ1n) is 6.03. The van der Waals surface area contributed by atoms with E-state index in [-0.39, 0.29) is 0 Å². The van der Waals surface area contributed by atoms with Gasteiger partial charge in [-0.15, -0.1) is 0 Å². The third kappa shape index (κ3) is 3.30. The lowest BCUT2D eigenvalue weighted by Crippen LogP contribution is -2.06. The Labute approximate surface area is 110 Å². The van der Waals surface area contributed by atoms with Gasteiger partial charge >= 0.3 is 0 Å². The van der Waals surface area contributed by atoms with Crippen LogP contribution < -0.4 is 5.73 Å². The first-order chi connectivity index (χ1) is 8.19. The summed E-state index contributed by atoms with van der Waals surface area (Å²) in [4.78, 5) is 7.94. The summed E-state index contributed by atoms with van der Waals surface area (Å²) in [6.45, 7) is 3.01. The van der Waals surface area contributed by atoms with Crippen molar-refractivity contribution >= 4 is 27.0 Å². The molecule has 0 radical (unpaired) electrons. The molecule has 1 aromatic carbocycles. The van der Waals surface area contributed by atoms with Crippen LogP contribution in [0, 0.1) is 5.92 Å². The summed E-state index contributed by atoms with van der Waals surface area (Å²) in [6.07, 6.45) is 3.22. The average molecular weight is 296 g/mol. The van der Waals surface area contributed by atoms with Crippen molar-refractivity contribution in [2.24, 2.45) is 11.7 Å². The van der Waals surface area contributed by atoms with Crippen LogP contribution in [-0.2, 0) is 6.42 Å². The number of nitrogens with one attached hydrogen (secondary N) is 1. The SMILES string of the molecule is CC(CCN)CCc1nc2ccc(Br)cc2[nH]1. The van der Waals surface area contributed by atoms with E-state index in [0.29, 0.717) is 5.92 Å². The molecule has 0 saturated carbocycles. The Morgan fingerprint density at radius 2 is 2.24 bits per heavy atom. The van der Waals surface area contributed by atoms with E-state index in [2.05, 4.69) is 38.9 Å². The van der Waals surface area contributed by atoms with Crippen molar-refractivity contribution in [2.45, 2.75) is 26.2 Å². The van der Waals surface area contributed by atoms with E-state index in [1.54, 1.807) is 0 Å². The molecule has 1 unspecified atom stereocenters. The highest BCUT2D eigenvalue weighted by Crippen LogP contribution is 2.19. The Morgan fingerprint density at radius 3 is 3.00 bits per heavy atom. The quantitative estimate of drug-likeness (QED) is 0.890. The summed E-state index contributed by atoms with van der Waals surface area (Å²) in [5.74, 6) is 1.74. The number of nitrogens with zero attached hydrogens (tertiary/aromatic N) is 1. The number of aromatic nitrogens is 2. The number of fused-ring (bicyclic) bond motifs is 1. The van der Waals surface area contributed by atoms with Crippen molar-refractivity contribution in [1.29, 1.82) is 0 Å². The molecule has 2 rings (SSSR count). The molecule has 92 valence electrons. The molecule has 0 fully saturated rings. The average Bonchev–Trinajstić information content (AvgIpc) is 2.68. The first-order valence-corrected chi connectivity index (χ1v) is 6.82. The van der Waals surface area contributed by atoms with Crippen LogP contribution in [0.5, 0.6) is 0 Å². The van der Waals surface area contributed by atoms with Crippen LogP contribution >= 0.6 is 15.9 Å². The molecule has 0 saturated heterocycles. The molecule has 0 aliphatic carbocycles. The Bertz CT molecular complexity index is 492. The number of hydrogen-bond acceptors (Lipinski definition) is 2. The van der Waals surface area contributed by atoms with Gasteiger partial charge in [-0.3, -0.25) is 0 Å². The largest absolute Gasteiger partial charge is 0.342 e. The molecule has 0 spiro atoms. The number of aryl methyl sites for hydroxylation is 1. The Hall–Kier alpha value is -0.870. The van der Waals surface area contributed by atoms with E-state index in [0.717, 1.165) is 47.1 Å². The van der Waals surface area contributed by atoms with Crippen molar-refractivity contribution in [3.05, 3.63) is 28.5 Å². The number of H-pyrrole nitrogens is 1. The minimum absolute atomic E-state index is 0.667. The predicted molar refractivity (Wildman–Crippen MR) is 75.0 cm³/mol. The predicted octanol–water partition coefficient (Wildman–Crippen LogP) is 3.24. The summed E-state index contributed by atoms with van der Waals surface area (Å²) in [5, 5.41) is 0. The van der Waals surface area contributed by atoms with Crippen molar-refractivity contribution in [2.75, 3.05) is 6.54 Å². The monoisotopic (exact) mass is 295 g/mol. The van der Waals surface area contributed by atoms with E-state index < -0.39 is 0 Å². The van der Waals surface area contributed by atoms with E-state index in [9.17, 15) is 0 Å². The lowest BCUT2D eigenvalue weighted by Gasteiger charge is -2.07. The third-order valence-corrected chi connectivity index (χ3v) is 3.52. The van der Waals surface area contributed by atoms with Gasteiger partial charge in [0.15, 0.2) is 0 Å². The van der Waals surface area contributed by atoms with Crippen LogP contribution in [0.3, 0.4) is 0 Å². The number of hydrogen-bond donors (Lipinski definition) is 2. The van der Waals surface area contributed by atoms with E-state index in [1.165, 1.54) is 0 Å². The van der Waals surface area contributed by atoms with Gasteiger partial charge in [0.2, 0.25) is 0 Å². The second-order valence-electron chi connectivity index (χ2n) is 4.57. The fourth-order valence-corrected chi connectivity index (χ4v) is 2.33. The number of benzene rings is 1. The lowest BCUT2D eigenvalue weighted by atomic mass is 10.0. The highest BCUT2D eigenvalue weighted by Gasteiger charge is 2.06. The van der Waals surface area contributed by atoms with Crippen molar-refractivity contribution in [3.8, 4) is 0 Å². The Kier molecular flexibility index (Phi) is 4.18. The van der Waals surface area contributed by atoms with Crippen LogP contribution in [0.15, 0.2) is 22.7 Å². The zero-order valence-corrected chi connectivity index (χ0v) is 11.6. The molecular formula is C13H18BrN3. The maximum atomic E-state index is 5.55. The van der Waals surface area contributed by atoms with Gasteiger partial charge in [-0.05, 0) is 43.5 Å². The highest BCUT2D eigenvalue weighted by molar-refractivity contribution is 9.10. The zero-order valence-electron chi connectivity index (χ0n) is 10.0. The van der Waals surface area contributed by atoms with Gasteiger partial charge < -0.3 is 10.7 Å². The fraction of sp³-hybridized carbons (Fsp3) is 0.462. The summed E-state index contributed by atoms with van der Waals surface area (Å²) >= 11 is 3.46. The molecule has 0 aliphatic heterocycles. The van der Waals surface area contributed by atoms with Crippen LogP contribution in [-0.4, -0.2) is 16.5 Å². The maximum absolute atomic E-state index is 5.55. The lowest BCUT2D eigenvalue weighted by molar-refractivity contribution is 0.495. The fourth-order valence-electron chi connectivity index (χ4n) is 1.97. The van der Waals surface area contributed by atoms with Gasteiger partial charge in [-0.25, -0.2) is 4.98 Å². The second kappa shape index (κ2) is 5.65. The molecule has 0 aliphatic rings. The molecule has 2 aromatic rings. The van der Waals surface area contributed by atoms with Crippen LogP contribution in [0.2, 0.25) is 0 Å². The van der Waals surface area contributed by atoms with Gasteiger partial charge in [0, 0.05) is 10.9 Å². The number of imidazole rings is 1. The summed E-state index contributed by atoms with van der Waals surface area (Å²) in [7, 11) is 0. The standard InChI is InChI=1S/C13H18BrN3/c1-9(6-7-15)2-5-13-16-11-4-3-10(14)8-12(11)17-13/h3-4,8-9H,2,5-7,15H2,1H3,(H,16,17). The number of aromatic amines is 1. The minimum Gasteiger partial charge on any atom is -0.342 e. The molecule has 1 heterocycles. The van der Waals surface area contributed by atoms with E-state index in [4.69, 9.17) is 5.73 Å². The van der Waals surface area contributed by atoms with Gasteiger partial charge in [-0.2, -0.15) is 0 Å². The van der Waals surface area contributed by atoms with Crippen molar-refractivity contribution in [1.82, 2.24) is 9.97 Å². The third-order valence-electron chi connectivity index (χ3n) is 3.03. The van der Waals surface area contributed by atoms with Crippen LogP contribution in [0.25, 0.3) is 11.0 Å². The number of rotatable bonds is 5. The molecule has 1 atom stereocenters. The zero-order chi connectivity index (χ0) is 12.3. The van der Waals surface area contributed by atoms with Gasteiger partial charge in [0.1, 0.15) is 5.82 Å². The Balaban J connectivity index is 2.04. The molecule has 4 heteroatoms. The molecule has 17 heavy (non-hydrogen) atoms. The Morgan fingerprint density at radius 1 is 1.41 bits per heavy atom. The van der Waals surface area contributed by atoms with Gasteiger partial charge in [0.25, 0.3) is 0 Å². The summed E-state index contributed by atoms with van der Waals surface area (Å²) in [5.41, 5.74) is 7.68. The first kappa shape index (κ1) is 12.6. The summed E-state index contributed by atoms with van der Waals surface area (Å²) in [6, 6.07) is 6.11. The molecule has 3 nitrogen and oxygen atoms in total. The van der Waals surface area contributed by atoms with Crippen LogP contribution in [0.1, 0.15) is 25.6 Å². The number of halogens is 1. The highest BCUT2D eigenvalue weighted by atomic mass is 79.9. The van der Waals surface area contributed by atoms with Gasteiger partial charge in [0.05, 0.1) is 11.0 Å². The van der Waals surface area contributed by atoms with Crippen molar-refractivity contribution in [3.63, 3.8) is 0 Å². The second-order valence-corrected chi connectivity index (χ2v) is 5.48. The topological polar surface area (TPSA) is 54.7 Å². The molecule has 0 bridgehead atoms. The van der Waals surface area contributed by atoms with E-state index in [1.807, 2.05) is 12.1 Å². The normalized spacial score (nSPS) is 13.1. The molecule has 0 amide bonds. The number of nitrogens with two attached hydrogens (primary N) is 1. The van der Waals surface area contributed by atoms with Gasteiger partial charge in [-0.1, -0.05) is 22.9 Å². The van der Waals surface area contributed by atoms with E-state index >= 15 is 0 Å². The molecule has 1 aromatic heterocycles. The molecule has 3 N–H and O–H groups in total. The summed E-state index contributed by atoms with van der Waals surface area (Å²) < 4.78 is 1.08. The van der Waals surface area contributed by atoms with Crippen molar-refractivity contribution < 1.29 is 0 Å². The molecular weight excluding hydrogens is 278 g/mol. The minimum atomic E-state index is 0.667. The maximum Gasteiger partial charge on any atom is 0.107 e.